The molecule has 1 heterocycles. The van der Waals surface area contributed by atoms with Gasteiger partial charge in [0.05, 0.1) is 4.90 Å². The van der Waals surface area contributed by atoms with E-state index in [9.17, 15) is 22.4 Å². The van der Waals surface area contributed by atoms with E-state index in [1.54, 1.807) is 17.5 Å². The molecule has 0 bridgehead atoms. The molecular weight excluding hydrogens is 379 g/mol. The Bertz CT molecular complexity index is 878. The minimum atomic E-state index is -3.90. The summed E-state index contributed by atoms with van der Waals surface area (Å²) in [4.78, 5) is 23.9. The number of hydrogen-bond acceptors (Lipinski definition) is 5. The summed E-state index contributed by atoms with van der Waals surface area (Å²) in [6, 6.07) is 7.76. The predicted molar refractivity (Wildman–Crippen MR) is 96.9 cm³/mol. The highest BCUT2D eigenvalue weighted by atomic mass is 32.2. The van der Waals surface area contributed by atoms with Gasteiger partial charge in [0.2, 0.25) is 0 Å². The highest BCUT2D eigenvalue weighted by molar-refractivity contribution is 7.91. The Morgan fingerprint density at radius 1 is 1.15 bits per heavy atom. The average Bonchev–Trinajstić information content (AvgIpc) is 3.14. The maximum atomic E-state index is 13.1. The smallest absolute Gasteiger partial charge is 0.309 e. The third-order valence-corrected chi connectivity index (χ3v) is 6.67. The molecule has 1 atom stereocenters. The molecule has 1 aromatic heterocycles. The topological polar surface area (TPSA) is 92.3 Å². The van der Waals surface area contributed by atoms with E-state index in [0.717, 1.165) is 12.1 Å². The lowest BCUT2D eigenvalue weighted by molar-refractivity contribution is -0.139. The second kappa shape index (κ2) is 8.72. The fraction of sp³-hybridized carbons (Fsp3) is 0.176. The van der Waals surface area contributed by atoms with Gasteiger partial charge in [0, 0.05) is 18.0 Å². The molecule has 1 aromatic carbocycles. The molecule has 0 radical (unpaired) electrons. The minimum Gasteiger partial charge on any atom is -0.346 e. The van der Waals surface area contributed by atoms with Crippen LogP contribution in [0.1, 0.15) is 10.1 Å². The van der Waals surface area contributed by atoms with Gasteiger partial charge in [-0.05, 0) is 35.7 Å². The zero-order valence-corrected chi connectivity index (χ0v) is 15.3. The Morgan fingerprint density at radius 3 is 2.38 bits per heavy atom. The van der Waals surface area contributed by atoms with Crippen LogP contribution in [0.3, 0.4) is 0 Å². The van der Waals surface area contributed by atoms with E-state index in [2.05, 4.69) is 17.2 Å². The molecule has 0 saturated carbocycles. The largest absolute Gasteiger partial charge is 0.346 e. The molecule has 26 heavy (non-hydrogen) atoms. The van der Waals surface area contributed by atoms with Gasteiger partial charge in [0.1, 0.15) is 11.1 Å². The first-order valence-corrected chi connectivity index (χ1v) is 9.98. The Hall–Kier alpha value is -2.52. The summed E-state index contributed by atoms with van der Waals surface area (Å²) in [6.07, 6.45) is 1.42. The second-order valence-corrected chi connectivity index (χ2v) is 8.32. The van der Waals surface area contributed by atoms with Crippen molar-refractivity contribution in [3.63, 3.8) is 0 Å². The molecule has 0 aliphatic heterocycles. The Balaban J connectivity index is 2.22. The first-order valence-electron chi connectivity index (χ1n) is 7.56. The summed E-state index contributed by atoms with van der Waals surface area (Å²) in [5.41, 5.74) is 0. The van der Waals surface area contributed by atoms with Crippen LogP contribution in [0.15, 0.2) is 59.3 Å². The Kier molecular flexibility index (Phi) is 6.64. The number of rotatable bonds is 7. The van der Waals surface area contributed by atoms with E-state index in [0.29, 0.717) is 4.88 Å². The summed E-state index contributed by atoms with van der Waals surface area (Å²) in [7, 11) is -3.90. The summed E-state index contributed by atoms with van der Waals surface area (Å²) in [5, 5.41) is 5.26. The number of benzene rings is 1. The number of amides is 2. The zero-order chi connectivity index (χ0) is 19.2. The van der Waals surface area contributed by atoms with Crippen LogP contribution in [-0.2, 0) is 19.4 Å². The molecule has 0 unspecified atom stereocenters. The predicted octanol–water partition coefficient (Wildman–Crippen LogP) is 1.82. The van der Waals surface area contributed by atoms with E-state index in [1.807, 2.05) is 0 Å². The number of carbonyl (C=O) groups is 2. The lowest BCUT2D eigenvalue weighted by Gasteiger charge is -2.17. The van der Waals surface area contributed by atoms with Gasteiger partial charge in [-0.15, -0.1) is 17.9 Å². The van der Waals surface area contributed by atoms with Gasteiger partial charge in [-0.3, -0.25) is 9.59 Å². The highest BCUT2D eigenvalue weighted by Gasteiger charge is 2.31. The molecule has 2 N–H and O–H groups in total. The summed E-state index contributed by atoms with van der Waals surface area (Å²) in [5.74, 6) is -2.37. The van der Waals surface area contributed by atoms with Gasteiger partial charge in [-0.2, -0.15) is 0 Å². The molecule has 0 aliphatic carbocycles. The SMILES string of the molecule is C=CCNC(=O)C(=O)NC[C@H](c1cccs1)S(=O)(=O)c1ccc(F)cc1. The van der Waals surface area contributed by atoms with E-state index in [4.69, 9.17) is 0 Å². The van der Waals surface area contributed by atoms with Crippen LogP contribution in [0, 0.1) is 5.82 Å². The van der Waals surface area contributed by atoms with Crippen LogP contribution in [0.5, 0.6) is 0 Å². The van der Waals surface area contributed by atoms with Crippen molar-refractivity contribution in [1.29, 1.82) is 0 Å². The van der Waals surface area contributed by atoms with Gasteiger partial charge in [0.25, 0.3) is 0 Å². The van der Waals surface area contributed by atoms with Crippen LogP contribution in [0.25, 0.3) is 0 Å². The van der Waals surface area contributed by atoms with Crippen molar-refractivity contribution in [2.45, 2.75) is 10.1 Å². The second-order valence-electron chi connectivity index (χ2n) is 5.21. The van der Waals surface area contributed by atoms with E-state index in [1.165, 1.54) is 29.5 Å². The average molecular weight is 396 g/mol. The molecule has 2 aromatic rings. The van der Waals surface area contributed by atoms with Crippen LogP contribution in [0.4, 0.5) is 4.39 Å². The molecule has 0 saturated heterocycles. The zero-order valence-electron chi connectivity index (χ0n) is 13.6. The lowest BCUT2D eigenvalue weighted by atomic mass is 10.3. The highest BCUT2D eigenvalue weighted by Crippen LogP contribution is 2.31. The first-order chi connectivity index (χ1) is 12.4. The number of halogens is 1. The van der Waals surface area contributed by atoms with Crippen LogP contribution < -0.4 is 10.6 Å². The monoisotopic (exact) mass is 396 g/mol. The molecule has 0 aliphatic rings. The first kappa shape index (κ1) is 19.8. The molecule has 2 rings (SSSR count). The van der Waals surface area contributed by atoms with Gasteiger partial charge in [-0.1, -0.05) is 12.1 Å². The van der Waals surface area contributed by atoms with Crippen molar-refractivity contribution in [3.8, 4) is 0 Å². The standard InChI is InChI=1S/C17H17FN2O4S2/c1-2-9-19-16(21)17(22)20-11-15(14-4-3-10-25-14)26(23,24)13-7-5-12(18)6-8-13/h2-8,10,15H,1,9,11H2,(H,19,21)(H,20,22)/t15-/m1/s1. The third-order valence-electron chi connectivity index (χ3n) is 3.44. The fourth-order valence-corrected chi connectivity index (χ4v) is 4.92. The Labute approximate surface area is 154 Å². The summed E-state index contributed by atoms with van der Waals surface area (Å²) in [6.45, 7) is 3.25. The Morgan fingerprint density at radius 2 is 1.81 bits per heavy atom. The van der Waals surface area contributed by atoms with E-state index in [-0.39, 0.29) is 18.0 Å². The molecule has 9 heteroatoms. The van der Waals surface area contributed by atoms with Crippen LogP contribution >= 0.6 is 11.3 Å². The van der Waals surface area contributed by atoms with Crippen molar-refractivity contribution < 1.29 is 22.4 Å². The summed E-state index contributed by atoms with van der Waals surface area (Å²) < 4.78 is 38.9. The van der Waals surface area contributed by atoms with Crippen molar-refractivity contribution in [2.24, 2.45) is 0 Å². The molecule has 6 nitrogen and oxygen atoms in total. The number of hydrogen-bond donors (Lipinski definition) is 2. The maximum absolute atomic E-state index is 13.1. The van der Waals surface area contributed by atoms with Crippen molar-refractivity contribution in [3.05, 3.63) is 65.1 Å². The number of carbonyl (C=O) groups excluding carboxylic acids is 2. The number of thiophene rings is 1. The van der Waals surface area contributed by atoms with Crippen LogP contribution in [0.2, 0.25) is 0 Å². The quantitative estimate of drug-likeness (QED) is 0.424. The molecule has 2 amide bonds. The van der Waals surface area contributed by atoms with Gasteiger partial charge >= 0.3 is 11.8 Å². The van der Waals surface area contributed by atoms with Gasteiger partial charge < -0.3 is 10.6 Å². The molecular formula is C17H17FN2O4S2. The van der Waals surface area contributed by atoms with E-state index < -0.39 is 32.7 Å². The number of sulfone groups is 1. The lowest BCUT2D eigenvalue weighted by Crippen LogP contribution is -2.42. The normalized spacial score (nSPS) is 12.2. The fourth-order valence-electron chi connectivity index (χ4n) is 2.14. The maximum Gasteiger partial charge on any atom is 0.309 e. The molecule has 0 spiro atoms. The minimum absolute atomic E-state index is 0.0670. The van der Waals surface area contributed by atoms with Crippen LogP contribution in [-0.4, -0.2) is 33.3 Å². The third kappa shape index (κ3) is 4.77. The van der Waals surface area contributed by atoms with Crippen molar-refractivity contribution >= 4 is 33.0 Å². The van der Waals surface area contributed by atoms with Gasteiger partial charge in [-0.25, -0.2) is 12.8 Å². The molecule has 138 valence electrons. The van der Waals surface area contributed by atoms with Gasteiger partial charge in [0.15, 0.2) is 9.84 Å². The van der Waals surface area contributed by atoms with Crippen molar-refractivity contribution in [2.75, 3.05) is 13.1 Å². The summed E-state index contributed by atoms with van der Waals surface area (Å²) >= 11 is 1.21. The number of nitrogens with one attached hydrogen (secondary N) is 2. The molecule has 0 fully saturated rings. The van der Waals surface area contributed by atoms with Crippen molar-refractivity contribution in [1.82, 2.24) is 10.6 Å². The van der Waals surface area contributed by atoms with E-state index >= 15 is 0 Å².